The van der Waals surface area contributed by atoms with Crippen molar-refractivity contribution in [2.75, 3.05) is 7.11 Å². The highest BCUT2D eigenvalue weighted by molar-refractivity contribution is 5.28. The van der Waals surface area contributed by atoms with Crippen LogP contribution in [-0.4, -0.2) is 22.2 Å². The third kappa shape index (κ3) is 2.27. The van der Waals surface area contributed by atoms with Gasteiger partial charge in [-0.1, -0.05) is 12.8 Å². The van der Waals surface area contributed by atoms with Crippen molar-refractivity contribution in [3.05, 3.63) is 21.7 Å². The molecule has 18 heavy (non-hydrogen) atoms. The zero-order valence-corrected chi connectivity index (χ0v) is 11.1. The molecule has 5 nitrogen and oxygen atoms in total. The molecule has 0 saturated heterocycles. The summed E-state index contributed by atoms with van der Waals surface area (Å²) >= 11 is 0. The summed E-state index contributed by atoms with van der Waals surface area (Å²) < 4.78 is 5.26. The largest absolute Gasteiger partial charge is 0.493 e. The normalized spacial score (nSPS) is 17.3. The Bertz CT molecular complexity index is 487. The van der Waals surface area contributed by atoms with Crippen LogP contribution in [0.4, 0.5) is 0 Å². The Balaban J connectivity index is 2.44. The molecular weight excluding hydrogens is 232 g/mol. The molecule has 0 aliphatic heterocycles. The van der Waals surface area contributed by atoms with E-state index in [1.807, 2.05) is 0 Å². The Morgan fingerprint density at radius 3 is 2.50 bits per heavy atom. The van der Waals surface area contributed by atoms with Crippen LogP contribution in [0.15, 0.2) is 4.79 Å². The fourth-order valence-corrected chi connectivity index (χ4v) is 2.43. The quantitative estimate of drug-likeness (QED) is 0.863. The Morgan fingerprint density at radius 2 is 2.00 bits per heavy atom. The van der Waals surface area contributed by atoms with Gasteiger partial charge in [-0.3, -0.25) is 4.79 Å². The number of aromatic amines is 1. The van der Waals surface area contributed by atoms with Crippen LogP contribution in [-0.2, 0) is 10.3 Å². The van der Waals surface area contributed by atoms with E-state index >= 15 is 0 Å². The van der Waals surface area contributed by atoms with Crippen LogP contribution >= 0.6 is 0 Å². The van der Waals surface area contributed by atoms with Crippen molar-refractivity contribution in [3.63, 3.8) is 0 Å². The van der Waals surface area contributed by atoms with Crippen molar-refractivity contribution < 1.29 is 9.84 Å². The highest BCUT2D eigenvalue weighted by atomic mass is 16.5. The first-order valence-corrected chi connectivity index (χ1v) is 6.34. The number of ether oxygens (including phenoxy) is 1. The van der Waals surface area contributed by atoms with Gasteiger partial charge in [0.25, 0.3) is 5.56 Å². The maximum atomic E-state index is 12.1. The third-order valence-corrected chi connectivity index (χ3v) is 3.78. The van der Waals surface area contributed by atoms with E-state index in [-0.39, 0.29) is 17.4 Å². The van der Waals surface area contributed by atoms with Crippen LogP contribution in [0.25, 0.3) is 0 Å². The van der Waals surface area contributed by atoms with Gasteiger partial charge in [0.05, 0.1) is 5.56 Å². The number of hydrogen-bond acceptors (Lipinski definition) is 4. The summed E-state index contributed by atoms with van der Waals surface area (Å²) in [5.41, 5.74) is -0.525. The second-order valence-electron chi connectivity index (χ2n) is 5.35. The summed E-state index contributed by atoms with van der Waals surface area (Å²) in [5, 5.41) is 10.0. The van der Waals surface area contributed by atoms with E-state index in [0.29, 0.717) is 11.4 Å². The number of nitrogens with zero attached hydrogens (tertiary/aromatic N) is 1. The molecule has 100 valence electrons. The van der Waals surface area contributed by atoms with Gasteiger partial charge in [0.2, 0.25) is 5.88 Å². The summed E-state index contributed by atoms with van der Waals surface area (Å²) in [6, 6.07) is 0. The molecule has 0 aromatic carbocycles. The van der Waals surface area contributed by atoms with Gasteiger partial charge in [-0.05, 0) is 32.6 Å². The Labute approximate surface area is 106 Å². The first-order chi connectivity index (χ1) is 8.45. The predicted molar refractivity (Wildman–Crippen MR) is 67.8 cm³/mol. The van der Waals surface area contributed by atoms with E-state index in [1.54, 1.807) is 21.0 Å². The molecule has 1 aliphatic carbocycles. The van der Waals surface area contributed by atoms with Gasteiger partial charge in [-0.2, -0.15) is 4.98 Å². The first kappa shape index (κ1) is 13.1. The molecule has 2 rings (SSSR count). The van der Waals surface area contributed by atoms with Gasteiger partial charge in [-0.25, -0.2) is 0 Å². The Kier molecular flexibility index (Phi) is 3.43. The average molecular weight is 252 g/mol. The lowest BCUT2D eigenvalue weighted by molar-refractivity contribution is 0.0107. The van der Waals surface area contributed by atoms with E-state index in [4.69, 9.17) is 4.74 Å². The number of hydrogen-bond donors (Lipinski definition) is 2. The van der Waals surface area contributed by atoms with Gasteiger partial charge in [0.1, 0.15) is 11.4 Å². The van der Waals surface area contributed by atoms with E-state index in [9.17, 15) is 9.90 Å². The standard InChI is InChI=1S/C13H20N2O3/c1-13(2,18-3)12-14-10(16)9(11(17)15-12)8-6-4-5-7-8/h8H,4-7H2,1-3H3,(H2,14,15,16,17). The summed E-state index contributed by atoms with van der Waals surface area (Å²) in [5.74, 6) is 0.348. The summed E-state index contributed by atoms with van der Waals surface area (Å²) in [4.78, 5) is 18.9. The predicted octanol–water partition coefficient (Wildman–Crippen LogP) is 2.01. The SMILES string of the molecule is COC(C)(C)c1nc(O)c(C2CCCC2)c(=O)[nH]1. The number of methoxy groups -OCH3 is 1. The van der Waals surface area contributed by atoms with E-state index in [0.717, 1.165) is 25.7 Å². The average Bonchev–Trinajstić information content (AvgIpc) is 2.81. The van der Waals surface area contributed by atoms with Crippen LogP contribution in [0.2, 0.25) is 0 Å². The molecule has 2 N–H and O–H groups in total. The van der Waals surface area contributed by atoms with E-state index in [1.165, 1.54) is 0 Å². The van der Waals surface area contributed by atoms with Gasteiger partial charge >= 0.3 is 0 Å². The minimum atomic E-state index is -0.717. The van der Waals surface area contributed by atoms with Crippen molar-refractivity contribution in [1.82, 2.24) is 9.97 Å². The van der Waals surface area contributed by atoms with Crippen molar-refractivity contribution in [2.45, 2.75) is 51.0 Å². The zero-order chi connectivity index (χ0) is 13.3. The summed E-state index contributed by atoms with van der Waals surface area (Å²) in [6.45, 7) is 3.58. The molecule has 1 aliphatic rings. The molecule has 0 atom stereocenters. The number of aromatic nitrogens is 2. The molecule has 0 radical (unpaired) electrons. The molecular formula is C13H20N2O3. The molecule has 1 saturated carbocycles. The monoisotopic (exact) mass is 252 g/mol. The van der Waals surface area contributed by atoms with Crippen LogP contribution in [0.3, 0.4) is 0 Å². The molecule has 1 heterocycles. The number of H-pyrrole nitrogens is 1. The summed E-state index contributed by atoms with van der Waals surface area (Å²) in [7, 11) is 1.54. The lowest BCUT2D eigenvalue weighted by atomic mass is 9.99. The first-order valence-electron chi connectivity index (χ1n) is 6.34. The van der Waals surface area contributed by atoms with Crippen molar-refractivity contribution in [2.24, 2.45) is 0 Å². The number of aromatic hydroxyl groups is 1. The molecule has 0 unspecified atom stereocenters. The molecule has 1 aromatic rings. The smallest absolute Gasteiger partial charge is 0.258 e. The Morgan fingerprint density at radius 1 is 1.39 bits per heavy atom. The highest BCUT2D eigenvalue weighted by Gasteiger charge is 2.28. The molecule has 0 bridgehead atoms. The number of nitrogens with one attached hydrogen (secondary N) is 1. The maximum absolute atomic E-state index is 12.1. The van der Waals surface area contributed by atoms with Crippen molar-refractivity contribution >= 4 is 0 Å². The fourth-order valence-electron chi connectivity index (χ4n) is 2.43. The maximum Gasteiger partial charge on any atom is 0.258 e. The van der Waals surface area contributed by atoms with Crippen LogP contribution in [0.1, 0.15) is 56.8 Å². The highest BCUT2D eigenvalue weighted by Crippen LogP contribution is 2.36. The lowest BCUT2D eigenvalue weighted by Crippen LogP contribution is -2.28. The van der Waals surface area contributed by atoms with Crippen molar-refractivity contribution in [3.8, 4) is 5.88 Å². The molecule has 0 amide bonds. The van der Waals surface area contributed by atoms with Crippen LogP contribution < -0.4 is 5.56 Å². The fraction of sp³-hybridized carbons (Fsp3) is 0.692. The van der Waals surface area contributed by atoms with Crippen LogP contribution in [0.5, 0.6) is 5.88 Å². The molecule has 1 fully saturated rings. The minimum absolute atomic E-state index is 0.140. The topological polar surface area (TPSA) is 75.2 Å². The molecule has 0 spiro atoms. The summed E-state index contributed by atoms with van der Waals surface area (Å²) in [6.07, 6.45) is 4.11. The second kappa shape index (κ2) is 4.72. The Hall–Kier alpha value is -1.36. The third-order valence-electron chi connectivity index (χ3n) is 3.78. The minimum Gasteiger partial charge on any atom is -0.493 e. The van der Waals surface area contributed by atoms with E-state index in [2.05, 4.69) is 9.97 Å². The molecule has 5 heteroatoms. The van der Waals surface area contributed by atoms with Gasteiger partial charge < -0.3 is 14.8 Å². The second-order valence-corrected chi connectivity index (χ2v) is 5.35. The zero-order valence-electron chi connectivity index (χ0n) is 11.1. The van der Waals surface area contributed by atoms with Crippen molar-refractivity contribution in [1.29, 1.82) is 0 Å². The van der Waals surface area contributed by atoms with Gasteiger partial charge in [-0.15, -0.1) is 0 Å². The van der Waals surface area contributed by atoms with E-state index < -0.39 is 5.60 Å². The lowest BCUT2D eigenvalue weighted by Gasteiger charge is -2.22. The molecule has 1 aromatic heterocycles. The van der Waals surface area contributed by atoms with Gasteiger partial charge in [0.15, 0.2) is 0 Å². The van der Waals surface area contributed by atoms with Gasteiger partial charge in [0, 0.05) is 7.11 Å². The van der Waals surface area contributed by atoms with Crippen LogP contribution in [0, 0.1) is 0 Å². The number of rotatable bonds is 3.